The number of aromatic nitrogens is 4. The van der Waals surface area contributed by atoms with Crippen LogP contribution in [0.4, 0.5) is 10.3 Å². The van der Waals surface area contributed by atoms with Crippen LogP contribution in [0.5, 0.6) is 0 Å². The Morgan fingerprint density at radius 1 is 1.47 bits per heavy atom. The molecule has 1 saturated heterocycles. The van der Waals surface area contributed by atoms with Gasteiger partial charge in [-0.15, -0.1) is 5.10 Å². The number of hydrogen-bond donors (Lipinski definition) is 2. The summed E-state index contributed by atoms with van der Waals surface area (Å²) < 4.78 is 13.6. The normalized spacial score (nSPS) is 19.7. The number of rotatable bonds is 2. The Kier molecular flexibility index (Phi) is 3.12. The summed E-state index contributed by atoms with van der Waals surface area (Å²) in [5.41, 5.74) is 0.386. The maximum atomic E-state index is 13.6. The number of anilines is 1. The zero-order valence-corrected chi connectivity index (χ0v) is 10.6. The van der Waals surface area contributed by atoms with Gasteiger partial charge >= 0.3 is 0 Å². The summed E-state index contributed by atoms with van der Waals surface area (Å²) in [4.78, 5) is 10.2. The Labute approximate surface area is 110 Å². The molecule has 2 N–H and O–H groups in total. The van der Waals surface area contributed by atoms with E-state index in [2.05, 4.69) is 37.3 Å². The van der Waals surface area contributed by atoms with E-state index >= 15 is 0 Å². The predicted octanol–water partition coefficient (Wildman–Crippen LogP) is 0.804. The Balaban J connectivity index is 1.85. The lowest BCUT2D eigenvalue weighted by molar-refractivity contribution is 0.480. The molecule has 0 aromatic carbocycles. The second kappa shape index (κ2) is 4.93. The van der Waals surface area contributed by atoms with Gasteiger partial charge in [0.15, 0.2) is 11.6 Å². The highest BCUT2D eigenvalue weighted by molar-refractivity contribution is 5.56. The molecule has 100 valence electrons. The third kappa shape index (κ3) is 2.41. The van der Waals surface area contributed by atoms with Crippen molar-refractivity contribution >= 4 is 5.95 Å². The van der Waals surface area contributed by atoms with Crippen LogP contribution in [-0.2, 0) is 0 Å². The van der Waals surface area contributed by atoms with Gasteiger partial charge in [0.25, 0.3) is 0 Å². The van der Waals surface area contributed by atoms with E-state index in [0.29, 0.717) is 23.4 Å². The topological polar surface area (TPSA) is 69.7 Å². The molecule has 1 fully saturated rings. The monoisotopic (exact) mass is 262 g/mol. The number of halogens is 1. The van der Waals surface area contributed by atoms with Crippen molar-refractivity contribution in [1.82, 2.24) is 25.5 Å². The van der Waals surface area contributed by atoms with Crippen molar-refractivity contribution in [3.05, 3.63) is 24.3 Å². The van der Waals surface area contributed by atoms with Crippen LogP contribution in [0, 0.1) is 5.82 Å². The number of pyridine rings is 1. The first-order valence-electron chi connectivity index (χ1n) is 6.24. The molecule has 0 saturated carbocycles. The van der Waals surface area contributed by atoms with Crippen molar-refractivity contribution < 1.29 is 4.39 Å². The molecule has 0 bridgehead atoms. The van der Waals surface area contributed by atoms with Crippen molar-refractivity contribution in [1.29, 1.82) is 0 Å². The van der Waals surface area contributed by atoms with Gasteiger partial charge in [-0.1, -0.05) is 0 Å². The van der Waals surface area contributed by atoms with Crippen LogP contribution in [0.2, 0.25) is 0 Å². The molecule has 1 atom stereocenters. The summed E-state index contributed by atoms with van der Waals surface area (Å²) in [6, 6.07) is 1.98. The third-order valence-corrected chi connectivity index (χ3v) is 3.15. The highest BCUT2D eigenvalue weighted by Crippen LogP contribution is 2.20. The van der Waals surface area contributed by atoms with Gasteiger partial charge < -0.3 is 10.2 Å². The maximum absolute atomic E-state index is 13.6. The van der Waals surface area contributed by atoms with E-state index < -0.39 is 5.82 Å². The maximum Gasteiger partial charge on any atom is 0.245 e. The summed E-state index contributed by atoms with van der Waals surface area (Å²) in [6.07, 6.45) is 2.71. The van der Waals surface area contributed by atoms with E-state index in [0.717, 1.165) is 19.6 Å². The Hall–Kier alpha value is -2.02. The highest BCUT2D eigenvalue weighted by Gasteiger charge is 2.20. The summed E-state index contributed by atoms with van der Waals surface area (Å²) >= 11 is 0. The van der Waals surface area contributed by atoms with Crippen molar-refractivity contribution in [2.45, 2.75) is 13.0 Å². The first-order valence-corrected chi connectivity index (χ1v) is 6.24. The summed E-state index contributed by atoms with van der Waals surface area (Å²) in [6.45, 7) is 4.70. The van der Waals surface area contributed by atoms with Crippen molar-refractivity contribution in [2.24, 2.45) is 0 Å². The molecule has 6 nitrogen and oxygen atoms in total. The van der Waals surface area contributed by atoms with Gasteiger partial charge in [0, 0.05) is 31.9 Å². The standard InChI is InChI=1S/C12H15FN6/c1-8-7-19(5-4-15-8)12-16-11(17-18-12)9-2-3-14-6-10(9)13/h2-3,6,8,15H,4-5,7H2,1H3,(H,16,17,18)/t8-/m1/s1. The molecule has 2 aromatic heterocycles. The smallest absolute Gasteiger partial charge is 0.245 e. The molecule has 3 rings (SSSR count). The number of H-pyrrole nitrogens is 1. The second-order valence-corrected chi connectivity index (χ2v) is 4.64. The number of aromatic amines is 1. The van der Waals surface area contributed by atoms with Crippen LogP contribution in [0.1, 0.15) is 6.92 Å². The zero-order valence-electron chi connectivity index (χ0n) is 10.6. The number of nitrogens with one attached hydrogen (secondary N) is 2. The summed E-state index contributed by atoms with van der Waals surface area (Å²) in [5.74, 6) is 0.638. The fraction of sp³-hybridized carbons (Fsp3) is 0.417. The molecule has 19 heavy (non-hydrogen) atoms. The fourth-order valence-electron chi connectivity index (χ4n) is 2.20. The van der Waals surface area contributed by atoms with Gasteiger partial charge in [0.1, 0.15) is 0 Å². The molecular formula is C12H15FN6. The minimum absolute atomic E-state index is 0.386. The zero-order chi connectivity index (χ0) is 13.2. The van der Waals surface area contributed by atoms with Crippen LogP contribution >= 0.6 is 0 Å². The molecule has 3 heterocycles. The van der Waals surface area contributed by atoms with Crippen LogP contribution in [0.3, 0.4) is 0 Å². The Morgan fingerprint density at radius 2 is 2.37 bits per heavy atom. The van der Waals surface area contributed by atoms with Crippen LogP contribution < -0.4 is 10.2 Å². The molecule has 0 unspecified atom stereocenters. The Bertz CT molecular complexity index is 569. The molecule has 0 amide bonds. The number of piperazine rings is 1. The quantitative estimate of drug-likeness (QED) is 0.838. The van der Waals surface area contributed by atoms with Gasteiger partial charge in [0.2, 0.25) is 5.95 Å². The SMILES string of the molecule is C[C@@H]1CN(c2n[nH]c(-c3ccncc3F)n2)CCN1. The average Bonchev–Trinajstić information content (AvgIpc) is 2.89. The average molecular weight is 262 g/mol. The lowest BCUT2D eigenvalue weighted by atomic mass is 10.2. The molecular weight excluding hydrogens is 247 g/mol. The van der Waals surface area contributed by atoms with E-state index in [-0.39, 0.29) is 0 Å². The molecule has 0 aliphatic carbocycles. The molecule has 2 aromatic rings. The molecule has 0 spiro atoms. The van der Waals surface area contributed by atoms with E-state index in [4.69, 9.17) is 0 Å². The molecule has 1 aliphatic heterocycles. The third-order valence-electron chi connectivity index (χ3n) is 3.15. The first-order chi connectivity index (χ1) is 9.24. The van der Waals surface area contributed by atoms with Crippen molar-refractivity contribution in [2.75, 3.05) is 24.5 Å². The number of hydrogen-bond acceptors (Lipinski definition) is 5. The fourth-order valence-corrected chi connectivity index (χ4v) is 2.20. The molecule has 1 aliphatic rings. The minimum Gasteiger partial charge on any atom is -0.337 e. The van der Waals surface area contributed by atoms with Gasteiger partial charge in [-0.3, -0.25) is 10.1 Å². The van der Waals surface area contributed by atoms with Gasteiger partial charge in [-0.05, 0) is 13.0 Å². The largest absolute Gasteiger partial charge is 0.337 e. The lowest BCUT2D eigenvalue weighted by Crippen LogP contribution is -2.49. The second-order valence-electron chi connectivity index (χ2n) is 4.64. The van der Waals surface area contributed by atoms with E-state index in [1.54, 1.807) is 6.07 Å². The minimum atomic E-state index is -0.404. The number of nitrogens with zero attached hydrogens (tertiary/aromatic N) is 4. The van der Waals surface area contributed by atoms with Crippen LogP contribution in [0.15, 0.2) is 18.5 Å². The van der Waals surface area contributed by atoms with E-state index in [1.807, 2.05) is 0 Å². The Morgan fingerprint density at radius 3 is 3.16 bits per heavy atom. The molecule has 7 heteroatoms. The summed E-state index contributed by atoms with van der Waals surface area (Å²) in [5, 5.41) is 10.3. The predicted molar refractivity (Wildman–Crippen MR) is 69.2 cm³/mol. The van der Waals surface area contributed by atoms with Crippen molar-refractivity contribution in [3.63, 3.8) is 0 Å². The lowest BCUT2D eigenvalue weighted by Gasteiger charge is -2.30. The highest BCUT2D eigenvalue weighted by atomic mass is 19.1. The van der Waals surface area contributed by atoms with E-state index in [1.165, 1.54) is 12.4 Å². The first kappa shape index (κ1) is 12.0. The van der Waals surface area contributed by atoms with Gasteiger partial charge in [-0.25, -0.2) is 4.39 Å². The van der Waals surface area contributed by atoms with Crippen molar-refractivity contribution in [3.8, 4) is 11.4 Å². The van der Waals surface area contributed by atoms with E-state index in [9.17, 15) is 4.39 Å². The van der Waals surface area contributed by atoms with Crippen LogP contribution in [0.25, 0.3) is 11.4 Å². The summed E-state index contributed by atoms with van der Waals surface area (Å²) in [7, 11) is 0. The van der Waals surface area contributed by atoms with Crippen LogP contribution in [-0.4, -0.2) is 45.8 Å². The van der Waals surface area contributed by atoms with Gasteiger partial charge in [-0.2, -0.15) is 4.98 Å². The van der Waals surface area contributed by atoms with Gasteiger partial charge in [0.05, 0.1) is 11.8 Å². The molecule has 0 radical (unpaired) electrons.